The molecule has 0 aliphatic carbocycles. The fraction of sp³-hybridized carbons (Fsp3) is 0.364. The molecule has 0 atom stereocenters. The number of halogens is 1. The molecule has 6 nitrogen and oxygen atoms in total. The van der Waals surface area contributed by atoms with Crippen molar-refractivity contribution in [3.8, 4) is 0 Å². The Bertz CT molecular complexity index is 967. The highest BCUT2D eigenvalue weighted by atomic mass is 19.1. The molecule has 152 valence electrons. The van der Waals surface area contributed by atoms with E-state index in [9.17, 15) is 4.39 Å². The zero-order valence-electron chi connectivity index (χ0n) is 16.7. The lowest BCUT2D eigenvalue weighted by Crippen LogP contribution is -2.33. The first kappa shape index (κ1) is 19.4. The molecule has 0 bridgehead atoms. The van der Waals surface area contributed by atoms with Gasteiger partial charge in [0, 0.05) is 35.7 Å². The number of fused-ring (bicyclic) bond motifs is 1. The van der Waals surface area contributed by atoms with E-state index in [1.165, 1.54) is 25.9 Å². The van der Waals surface area contributed by atoms with Gasteiger partial charge in [0.15, 0.2) is 5.82 Å². The Labute approximate surface area is 170 Å². The van der Waals surface area contributed by atoms with E-state index >= 15 is 0 Å². The van der Waals surface area contributed by atoms with E-state index in [2.05, 4.69) is 32.5 Å². The van der Waals surface area contributed by atoms with Crippen LogP contribution in [0.15, 0.2) is 42.7 Å². The summed E-state index contributed by atoms with van der Waals surface area (Å²) in [6.45, 7) is 3.84. The van der Waals surface area contributed by atoms with Crippen LogP contribution in [0.4, 0.5) is 21.7 Å². The van der Waals surface area contributed by atoms with Crippen LogP contribution < -0.4 is 16.4 Å². The van der Waals surface area contributed by atoms with Crippen molar-refractivity contribution < 1.29 is 4.39 Å². The molecule has 29 heavy (non-hydrogen) atoms. The number of hydrogen-bond acceptors (Lipinski definition) is 6. The van der Waals surface area contributed by atoms with Crippen molar-refractivity contribution in [2.45, 2.75) is 19.4 Å². The van der Waals surface area contributed by atoms with Crippen LogP contribution in [0.5, 0.6) is 0 Å². The average Bonchev–Trinajstić information content (AvgIpc) is 2.75. The minimum absolute atomic E-state index is 0.326. The first-order chi connectivity index (χ1) is 14.1. The zero-order valence-corrected chi connectivity index (χ0v) is 16.7. The summed E-state index contributed by atoms with van der Waals surface area (Å²) in [6.07, 6.45) is 5.47. The predicted molar refractivity (Wildman–Crippen MR) is 116 cm³/mol. The number of pyridine rings is 2. The number of piperidine rings is 1. The number of nitrogens with one attached hydrogen (secondary N) is 2. The van der Waals surface area contributed by atoms with Crippen molar-refractivity contribution in [1.82, 2.24) is 14.9 Å². The average molecular weight is 394 g/mol. The van der Waals surface area contributed by atoms with Crippen LogP contribution in [0.2, 0.25) is 0 Å². The molecular formula is C22H27FN6. The molecule has 1 aliphatic rings. The fourth-order valence-corrected chi connectivity index (χ4v) is 3.78. The van der Waals surface area contributed by atoms with Gasteiger partial charge in [0.1, 0.15) is 11.6 Å². The summed E-state index contributed by atoms with van der Waals surface area (Å²) in [5, 5.41) is 7.81. The van der Waals surface area contributed by atoms with Gasteiger partial charge in [0.05, 0.1) is 6.20 Å². The maximum absolute atomic E-state index is 14.3. The number of hydrogen-bond donors (Lipinski definition) is 3. The lowest BCUT2D eigenvalue weighted by atomic mass is 9.97. The molecule has 2 aromatic heterocycles. The molecule has 1 aliphatic heterocycles. The number of nitrogen functional groups attached to an aromatic ring is 1. The van der Waals surface area contributed by atoms with Crippen molar-refractivity contribution in [3.05, 3.63) is 54.1 Å². The molecule has 4 N–H and O–H groups in total. The second-order valence-electron chi connectivity index (χ2n) is 7.75. The molecule has 1 saturated heterocycles. The first-order valence-corrected chi connectivity index (χ1v) is 10.0. The Morgan fingerprint density at radius 1 is 1.10 bits per heavy atom. The quantitative estimate of drug-likeness (QED) is 0.591. The zero-order chi connectivity index (χ0) is 20.2. The van der Waals surface area contributed by atoms with Crippen LogP contribution in [-0.4, -0.2) is 41.5 Å². The summed E-state index contributed by atoms with van der Waals surface area (Å²) in [5.41, 5.74) is 7.60. The largest absolute Gasteiger partial charge is 0.383 e. The van der Waals surface area contributed by atoms with Gasteiger partial charge in [-0.2, -0.15) is 0 Å². The van der Waals surface area contributed by atoms with Gasteiger partial charge in [-0.1, -0.05) is 18.2 Å². The van der Waals surface area contributed by atoms with Gasteiger partial charge in [0.2, 0.25) is 0 Å². The van der Waals surface area contributed by atoms with Crippen LogP contribution in [0.3, 0.4) is 0 Å². The molecule has 0 amide bonds. The standard InChI is InChI=1S/C22H27FN6/c1-29-9-7-15(8-10-29)11-26-20-6-5-16(13-27-20)12-25-19-4-2-3-17-21(19)18(23)14-28-22(17)24/h2-6,13-15,25H,7-12H2,1H3,(H2,24,28)(H,26,27). The van der Waals surface area contributed by atoms with Crippen LogP contribution >= 0.6 is 0 Å². The molecule has 3 heterocycles. The number of benzene rings is 1. The second-order valence-corrected chi connectivity index (χ2v) is 7.75. The van der Waals surface area contributed by atoms with Crippen LogP contribution in [0, 0.1) is 11.7 Å². The minimum atomic E-state index is -0.385. The van der Waals surface area contributed by atoms with Gasteiger partial charge in [0.25, 0.3) is 0 Å². The number of anilines is 3. The third-order valence-corrected chi connectivity index (χ3v) is 5.61. The van der Waals surface area contributed by atoms with E-state index < -0.39 is 0 Å². The molecule has 1 aromatic carbocycles. The summed E-state index contributed by atoms with van der Waals surface area (Å²) in [4.78, 5) is 10.8. The summed E-state index contributed by atoms with van der Waals surface area (Å²) in [7, 11) is 2.18. The van der Waals surface area contributed by atoms with Gasteiger partial charge >= 0.3 is 0 Å². The Balaban J connectivity index is 1.36. The van der Waals surface area contributed by atoms with Crippen molar-refractivity contribution in [3.63, 3.8) is 0 Å². The molecule has 0 saturated carbocycles. The topological polar surface area (TPSA) is 79.1 Å². The minimum Gasteiger partial charge on any atom is -0.383 e. The lowest BCUT2D eigenvalue weighted by molar-refractivity contribution is 0.226. The molecule has 0 unspecified atom stereocenters. The third kappa shape index (κ3) is 4.56. The molecule has 1 fully saturated rings. The normalized spacial score (nSPS) is 15.5. The molecule has 0 spiro atoms. The number of likely N-dealkylation sites (tertiary alicyclic amines) is 1. The summed E-state index contributed by atoms with van der Waals surface area (Å²) >= 11 is 0. The first-order valence-electron chi connectivity index (χ1n) is 10.0. The summed E-state index contributed by atoms with van der Waals surface area (Å²) in [5.74, 6) is 1.54. The molecule has 7 heteroatoms. The van der Waals surface area contributed by atoms with E-state index in [1.54, 1.807) is 6.07 Å². The third-order valence-electron chi connectivity index (χ3n) is 5.61. The second kappa shape index (κ2) is 8.61. The van der Waals surface area contributed by atoms with Crippen molar-refractivity contribution >= 4 is 28.1 Å². The monoisotopic (exact) mass is 394 g/mol. The van der Waals surface area contributed by atoms with Gasteiger partial charge in [-0.15, -0.1) is 0 Å². The van der Waals surface area contributed by atoms with Crippen molar-refractivity contribution in [2.75, 3.05) is 43.0 Å². The maximum atomic E-state index is 14.3. The lowest BCUT2D eigenvalue weighted by Gasteiger charge is -2.29. The highest BCUT2D eigenvalue weighted by Gasteiger charge is 2.16. The number of aromatic nitrogens is 2. The molecular weight excluding hydrogens is 367 g/mol. The highest BCUT2D eigenvalue weighted by molar-refractivity contribution is 5.99. The van der Waals surface area contributed by atoms with Crippen molar-refractivity contribution in [1.29, 1.82) is 0 Å². The van der Waals surface area contributed by atoms with Gasteiger partial charge < -0.3 is 21.3 Å². The summed E-state index contributed by atoms with van der Waals surface area (Å²) < 4.78 is 14.3. The van der Waals surface area contributed by atoms with Gasteiger partial charge in [-0.3, -0.25) is 0 Å². The Morgan fingerprint density at radius 2 is 1.93 bits per heavy atom. The van der Waals surface area contributed by atoms with E-state index in [0.29, 0.717) is 34.7 Å². The molecule has 0 radical (unpaired) electrons. The smallest absolute Gasteiger partial charge is 0.151 e. The predicted octanol–water partition coefficient (Wildman–Crippen LogP) is 3.72. The Morgan fingerprint density at radius 3 is 2.69 bits per heavy atom. The number of rotatable bonds is 6. The highest BCUT2D eigenvalue weighted by Crippen LogP contribution is 2.29. The Kier molecular flexibility index (Phi) is 5.76. The van der Waals surface area contributed by atoms with E-state index in [4.69, 9.17) is 5.73 Å². The maximum Gasteiger partial charge on any atom is 0.151 e. The fourth-order valence-electron chi connectivity index (χ4n) is 3.78. The van der Waals surface area contributed by atoms with Gasteiger partial charge in [-0.05, 0) is 56.6 Å². The SMILES string of the molecule is CN1CCC(CNc2ccc(CNc3cccc4c(N)ncc(F)c34)cn2)CC1. The van der Waals surface area contributed by atoms with E-state index in [0.717, 1.165) is 24.1 Å². The van der Waals surface area contributed by atoms with Crippen molar-refractivity contribution in [2.24, 2.45) is 5.92 Å². The van der Waals surface area contributed by atoms with Gasteiger partial charge in [-0.25, -0.2) is 14.4 Å². The number of nitrogens with zero attached hydrogens (tertiary/aromatic N) is 3. The van der Waals surface area contributed by atoms with E-state index in [-0.39, 0.29) is 5.82 Å². The van der Waals surface area contributed by atoms with E-state index in [1.807, 2.05) is 30.5 Å². The molecule has 4 rings (SSSR count). The summed E-state index contributed by atoms with van der Waals surface area (Å²) in [6, 6.07) is 9.50. The van der Waals surface area contributed by atoms with Crippen LogP contribution in [0.25, 0.3) is 10.8 Å². The van der Waals surface area contributed by atoms with Crippen LogP contribution in [-0.2, 0) is 6.54 Å². The van der Waals surface area contributed by atoms with Crippen LogP contribution in [0.1, 0.15) is 18.4 Å². The number of nitrogens with two attached hydrogens (primary N) is 1. The Hall–Kier alpha value is -2.93. The molecule has 3 aromatic rings.